The van der Waals surface area contributed by atoms with Gasteiger partial charge in [-0.1, -0.05) is 13.8 Å². The minimum absolute atomic E-state index is 0.212. The molecular formula is C16H31N3. The average molecular weight is 265 g/mol. The lowest BCUT2D eigenvalue weighted by molar-refractivity contribution is 0.319. The lowest BCUT2D eigenvalue weighted by atomic mass is 9.91. The summed E-state index contributed by atoms with van der Waals surface area (Å²) in [6, 6.07) is 0. The van der Waals surface area contributed by atoms with Gasteiger partial charge >= 0.3 is 0 Å². The van der Waals surface area contributed by atoms with Gasteiger partial charge in [0.25, 0.3) is 0 Å². The smallest absolute Gasteiger partial charge is 0.0521 e. The van der Waals surface area contributed by atoms with E-state index < -0.39 is 0 Å². The third-order valence-electron chi connectivity index (χ3n) is 3.33. The molecule has 0 aliphatic rings. The van der Waals surface area contributed by atoms with E-state index in [1.807, 2.05) is 17.9 Å². The quantitative estimate of drug-likeness (QED) is 0.819. The third kappa shape index (κ3) is 7.36. The van der Waals surface area contributed by atoms with Crippen LogP contribution in [0.3, 0.4) is 0 Å². The van der Waals surface area contributed by atoms with Gasteiger partial charge in [0.2, 0.25) is 0 Å². The van der Waals surface area contributed by atoms with Gasteiger partial charge in [0, 0.05) is 18.8 Å². The maximum atomic E-state index is 4.24. The van der Waals surface area contributed by atoms with Crippen LogP contribution in [0.15, 0.2) is 12.4 Å². The minimum Gasteiger partial charge on any atom is -0.312 e. The first kappa shape index (κ1) is 16.2. The highest BCUT2D eigenvalue weighted by atomic mass is 15.2. The van der Waals surface area contributed by atoms with Crippen molar-refractivity contribution in [3.8, 4) is 0 Å². The fraction of sp³-hybridized carbons (Fsp3) is 0.812. The lowest BCUT2D eigenvalue weighted by Crippen LogP contribution is -2.39. The standard InChI is InChI=1S/C16H31N3/c1-13(2)9-14(10-17-16(3,4)5)7-8-15-11-18-19(6)12-15/h11-14,17H,7-10H2,1-6H3. The molecule has 110 valence electrons. The van der Waals surface area contributed by atoms with Crippen LogP contribution >= 0.6 is 0 Å². The Bertz CT molecular complexity index is 360. The summed E-state index contributed by atoms with van der Waals surface area (Å²) in [4.78, 5) is 0. The molecule has 0 amide bonds. The molecule has 1 N–H and O–H groups in total. The Kier molecular flexibility index (Phi) is 6.05. The zero-order valence-electron chi connectivity index (χ0n) is 13.5. The van der Waals surface area contributed by atoms with Crippen LogP contribution in [0.25, 0.3) is 0 Å². The number of aromatic nitrogens is 2. The zero-order chi connectivity index (χ0) is 14.5. The molecule has 0 aliphatic heterocycles. The molecule has 1 aromatic rings. The van der Waals surface area contributed by atoms with Crippen molar-refractivity contribution in [3.05, 3.63) is 18.0 Å². The van der Waals surface area contributed by atoms with E-state index in [0.29, 0.717) is 0 Å². The SMILES string of the molecule is CC(C)CC(CCc1cnn(C)c1)CNC(C)(C)C. The molecule has 0 bridgehead atoms. The van der Waals surface area contributed by atoms with Crippen molar-refractivity contribution >= 4 is 0 Å². The fourth-order valence-corrected chi connectivity index (χ4v) is 2.39. The topological polar surface area (TPSA) is 29.9 Å². The number of aryl methyl sites for hydroxylation is 2. The van der Waals surface area contributed by atoms with Crippen LogP contribution < -0.4 is 5.32 Å². The second-order valence-corrected chi connectivity index (χ2v) is 7.19. The molecule has 0 aliphatic carbocycles. The van der Waals surface area contributed by atoms with Crippen LogP contribution in [0.1, 0.15) is 53.0 Å². The first-order valence-corrected chi connectivity index (χ1v) is 7.49. The second kappa shape index (κ2) is 7.09. The van der Waals surface area contributed by atoms with Gasteiger partial charge in [-0.05, 0) is 64.0 Å². The van der Waals surface area contributed by atoms with Gasteiger partial charge in [-0.15, -0.1) is 0 Å². The molecule has 3 nitrogen and oxygen atoms in total. The van der Waals surface area contributed by atoms with Crippen LogP contribution in [0.2, 0.25) is 0 Å². The molecule has 1 unspecified atom stereocenters. The van der Waals surface area contributed by atoms with Crippen molar-refractivity contribution in [2.24, 2.45) is 18.9 Å². The van der Waals surface area contributed by atoms with Crippen LogP contribution in [0.5, 0.6) is 0 Å². The molecule has 1 aromatic heterocycles. The molecule has 0 saturated heterocycles. The summed E-state index contributed by atoms with van der Waals surface area (Å²) in [7, 11) is 1.98. The average Bonchev–Trinajstić information content (AvgIpc) is 2.66. The van der Waals surface area contributed by atoms with Crippen molar-refractivity contribution in [2.75, 3.05) is 6.54 Å². The number of rotatable bonds is 7. The van der Waals surface area contributed by atoms with Crippen molar-refractivity contribution < 1.29 is 0 Å². The van der Waals surface area contributed by atoms with E-state index in [4.69, 9.17) is 0 Å². The fourth-order valence-electron chi connectivity index (χ4n) is 2.39. The highest BCUT2D eigenvalue weighted by Gasteiger charge is 2.15. The van der Waals surface area contributed by atoms with E-state index in [1.165, 1.54) is 18.4 Å². The van der Waals surface area contributed by atoms with Crippen LogP contribution in [0, 0.1) is 11.8 Å². The normalized spacial score (nSPS) is 14.1. The molecule has 19 heavy (non-hydrogen) atoms. The molecule has 0 aromatic carbocycles. The summed E-state index contributed by atoms with van der Waals surface area (Å²) in [5.74, 6) is 1.51. The maximum absolute atomic E-state index is 4.24. The zero-order valence-corrected chi connectivity index (χ0v) is 13.5. The van der Waals surface area contributed by atoms with Crippen molar-refractivity contribution in [3.63, 3.8) is 0 Å². The monoisotopic (exact) mass is 265 g/mol. The van der Waals surface area contributed by atoms with Gasteiger partial charge in [0.05, 0.1) is 6.20 Å². The lowest BCUT2D eigenvalue weighted by Gasteiger charge is -2.26. The second-order valence-electron chi connectivity index (χ2n) is 7.19. The Morgan fingerprint density at radius 2 is 2.00 bits per heavy atom. The summed E-state index contributed by atoms with van der Waals surface area (Å²) in [5, 5.41) is 7.89. The predicted octanol–water partition coefficient (Wildman–Crippen LogP) is 3.40. The molecule has 0 saturated carbocycles. The number of hydrogen-bond acceptors (Lipinski definition) is 2. The van der Waals surface area contributed by atoms with E-state index in [2.05, 4.69) is 51.2 Å². The Labute approximate surface area is 118 Å². The molecule has 0 spiro atoms. The third-order valence-corrected chi connectivity index (χ3v) is 3.33. The summed E-state index contributed by atoms with van der Waals surface area (Å²) in [6.45, 7) is 12.5. The van der Waals surface area contributed by atoms with Crippen molar-refractivity contribution in [1.82, 2.24) is 15.1 Å². The van der Waals surface area contributed by atoms with Crippen LogP contribution in [0.4, 0.5) is 0 Å². The highest BCUT2D eigenvalue weighted by Crippen LogP contribution is 2.18. The van der Waals surface area contributed by atoms with E-state index >= 15 is 0 Å². The molecule has 1 atom stereocenters. The van der Waals surface area contributed by atoms with Crippen LogP contribution in [-0.2, 0) is 13.5 Å². The summed E-state index contributed by atoms with van der Waals surface area (Å²) in [6.07, 6.45) is 7.79. The van der Waals surface area contributed by atoms with Gasteiger partial charge in [0.15, 0.2) is 0 Å². The Morgan fingerprint density at radius 3 is 2.47 bits per heavy atom. The molecule has 3 heteroatoms. The van der Waals surface area contributed by atoms with E-state index in [-0.39, 0.29) is 5.54 Å². The summed E-state index contributed by atoms with van der Waals surface area (Å²) < 4.78 is 1.89. The predicted molar refractivity (Wildman–Crippen MR) is 82.2 cm³/mol. The van der Waals surface area contributed by atoms with Gasteiger partial charge in [-0.2, -0.15) is 5.10 Å². The molecular weight excluding hydrogens is 234 g/mol. The number of nitrogens with zero attached hydrogens (tertiary/aromatic N) is 2. The van der Waals surface area contributed by atoms with E-state index in [1.54, 1.807) is 0 Å². The molecule has 1 heterocycles. The highest BCUT2D eigenvalue weighted by molar-refractivity contribution is 5.03. The number of nitrogens with one attached hydrogen (secondary N) is 1. The largest absolute Gasteiger partial charge is 0.312 e. The molecule has 1 rings (SSSR count). The van der Waals surface area contributed by atoms with Gasteiger partial charge in [0.1, 0.15) is 0 Å². The Balaban J connectivity index is 2.44. The van der Waals surface area contributed by atoms with Crippen molar-refractivity contribution in [2.45, 2.75) is 59.4 Å². The molecule has 0 fully saturated rings. The summed E-state index contributed by atoms with van der Waals surface area (Å²) in [5.41, 5.74) is 1.57. The Morgan fingerprint density at radius 1 is 1.32 bits per heavy atom. The van der Waals surface area contributed by atoms with E-state index in [0.717, 1.165) is 24.8 Å². The van der Waals surface area contributed by atoms with Gasteiger partial charge < -0.3 is 5.32 Å². The first-order chi connectivity index (χ1) is 8.76. The summed E-state index contributed by atoms with van der Waals surface area (Å²) >= 11 is 0. The maximum Gasteiger partial charge on any atom is 0.0521 e. The minimum atomic E-state index is 0.212. The number of hydrogen-bond donors (Lipinski definition) is 1. The van der Waals surface area contributed by atoms with Crippen LogP contribution in [-0.4, -0.2) is 21.9 Å². The van der Waals surface area contributed by atoms with Crippen molar-refractivity contribution in [1.29, 1.82) is 0 Å². The Hall–Kier alpha value is -0.830. The van der Waals surface area contributed by atoms with E-state index in [9.17, 15) is 0 Å². The molecule has 0 radical (unpaired) electrons. The first-order valence-electron chi connectivity index (χ1n) is 7.49. The van der Waals surface area contributed by atoms with Gasteiger partial charge in [-0.3, -0.25) is 4.68 Å². The van der Waals surface area contributed by atoms with Gasteiger partial charge in [-0.25, -0.2) is 0 Å².